The zero-order valence-electron chi connectivity index (χ0n) is 31.9. The van der Waals surface area contributed by atoms with Crippen molar-refractivity contribution in [1.82, 2.24) is 0 Å². The highest BCUT2D eigenvalue weighted by molar-refractivity contribution is 5.78. The molecule has 0 atom stereocenters. The van der Waals surface area contributed by atoms with Crippen LogP contribution in [0.3, 0.4) is 0 Å². The minimum absolute atomic E-state index is 0.532. The summed E-state index contributed by atoms with van der Waals surface area (Å²) in [5, 5.41) is 0. The first kappa shape index (κ1) is 44.7. The van der Waals surface area contributed by atoms with Gasteiger partial charge in [-0.15, -0.1) is 0 Å². The average Bonchev–Trinajstić information content (AvgIpc) is 3.05. The molecule has 270 valence electrons. The van der Waals surface area contributed by atoms with Crippen LogP contribution in [0, 0.1) is 0 Å². The fraction of sp³-hybridized carbons (Fsp3) is 0.977. The van der Waals surface area contributed by atoms with Crippen molar-refractivity contribution in [1.29, 1.82) is 0 Å². The summed E-state index contributed by atoms with van der Waals surface area (Å²) in [4.78, 5) is 12.2. The number of unbranched alkanes of at least 4 members (excludes halogenated alkanes) is 37. The number of hydrogen-bond acceptors (Lipinski definition) is 1. The lowest BCUT2D eigenvalue weighted by Crippen LogP contribution is -1.97. The molecule has 0 unspecified atom stereocenters. The Morgan fingerprint density at radius 2 is 0.356 bits per heavy atom. The molecule has 0 heterocycles. The molecule has 0 rings (SSSR count). The Morgan fingerprint density at radius 3 is 0.511 bits per heavy atom. The van der Waals surface area contributed by atoms with Gasteiger partial charge in [-0.2, -0.15) is 0 Å². The molecule has 0 amide bonds. The van der Waals surface area contributed by atoms with Crippen LogP contribution < -0.4 is 0 Å². The van der Waals surface area contributed by atoms with Crippen LogP contribution in [0.1, 0.15) is 277 Å². The Labute approximate surface area is 287 Å². The van der Waals surface area contributed by atoms with Gasteiger partial charge in [-0.3, -0.25) is 4.79 Å². The number of rotatable bonds is 41. The minimum atomic E-state index is 0.532. The highest BCUT2D eigenvalue weighted by atomic mass is 16.1. The Bertz CT molecular complexity index is 525. The van der Waals surface area contributed by atoms with E-state index in [9.17, 15) is 4.79 Å². The molecule has 0 radical (unpaired) electrons. The van der Waals surface area contributed by atoms with Crippen molar-refractivity contribution in [2.45, 2.75) is 277 Å². The van der Waals surface area contributed by atoms with Gasteiger partial charge in [-0.25, -0.2) is 0 Å². The molecule has 0 bridgehead atoms. The molecular weight excluding hydrogens is 544 g/mol. The molecule has 1 heteroatoms. The van der Waals surface area contributed by atoms with Crippen molar-refractivity contribution in [3.63, 3.8) is 0 Å². The topological polar surface area (TPSA) is 17.1 Å². The third-order valence-corrected chi connectivity index (χ3v) is 10.4. The van der Waals surface area contributed by atoms with Crippen molar-refractivity contribution >= 4 is 5.78 Å². The molecule has 0 aromatic heterocycles. The van der Waals surface area contributed by atoms with Crippen LogP contribution in [0.15, 0.2) is 0 Å². The highest BCUT2D eigenvalue weighted by Crippen LogP contribution is 2.17. The van der Waals surface area contributed by atoms with Gasteiger partial charge < -0.3 is 0 Å². The Kier molecular flexibility index (Phi) is 41.4. The average molecular weight is 633 g/mol. The van der Waals surface area contributed by atoms with Crippen molar-refractivity contribution in [3.8, 4) is 0 Å². The molecule has 0 saturated carbocycles. The van der Waals surface area contributed by atoms with E-state index in [1.165, 1.54) is 238 Å². The van der Waals surface area contributed by atoms with Crippen LogP contribution in [0.4, 0.5) is 0 Å². The lowest BCUT2D eigenvalue weighted by atomic mass is 10.0. The third-order valence-electron chi connectivity index (χ3n) is 10.4. The van der Waals surface area contributed by atoms with Gasteiger partial charge >= 0.3 is 0 Å². The molecule has 0 saturated heterocycles. The molecule has 1 nitrogen and oxygen atoms in total. The lowest BCUT2D eigenvalue weighted by Gasteiger charge is -2.05. The van der Waals surface area contributed by atoms with Crippen LogP contribution in [-0.2, 0) is 4.79 Å². The van der Waals surface area contributed by atoms with Gasteiger partial charge in [0.15, 0.2) is 0 Å². The summed E-state index contributed by atoms with van der Waals surface area (Å²) in [6.07, 6.45) is 56.8. The number of carbonyl (C=O) groups excluding carboxylic acids is 1. The molecule has 0 spiro atoms. The Morgan fingerprint density at radius 1 is 0.222 bits per heavy atom. The quantitative estimate of drug-likeness (QED) is 0.0613. The largest absolute Gasteiger partial charge is 0.300 e. The first-order chi connectivity index (χ1) is 22.3. The molecule has 0 aliphatic carbocycles. The zero-order valence-corrected chi connectivity index (χ0v) is 31.9. The van der Waals surface area contributed by atoms with E-state index in [0.29, 0.717) is 5.78 Å². The summed E-state index contributed by atoms with van der Waals surface area (Å²) in [7, 11) is 0. The summed E-state index contributed by atoms with van der Waals surface area (Å²) in [5.74, 6) is 0.532. The summed E-state index contributed by atoms with van der Waals surface area (Å²) < 4.78 is 0. The van der Waals surface area contributed by atoms with Crippen molar-refractivity contribution in [2.24, 2.45) is 0 Å². The monoisotopic (exact) mass is 633 g/mol. The SMILES string of the molecule is CCCCCCCCCCCCCCCCCCCCCCC(=O)CCCCCCCCCCCCCCCCCCCCC. The van der Waals surface area contributed by atoms with E-state index in [2.05, 4.69) is 13.8 Å². The molecule has 45 heavy (non-hydrogen) atoms. The van der Waals surface area contributed by atoms with Gasteiger partial charge in [0.2, 0.25) is 0 Å². The smallest absolute Gasteiger partial charge is 0.132 e. The Balaban J connectivity index is 3.14. The van der Waals surface area contributed by atoms with E-state index in [4.69, 9.17) is 0 Å². The maximum Gasteiger partial charge on any atom is 0.132 e. The lowest BCUT2D eigenvalue weighted by molar-refractivity contribution is -0.119. The van der Waals surface area contributed by atoms with Crippen LogP contribution >= 0.6 is 0 Å². The fourth-order valence-corrected chi connectivity index (χ4v) is 7.10. The number of ketones is 1. The second-order valence-corrected chi connectivity index (χ2v) is 15.1. The third kappa shape index (κ3) is 41.6. The predicted octanol–water partition coefficient (Wildman–Crippen LogP) is 16.6. The van der Waals surface area contributed by atoms with Crippen molar-refractivity contribution < 1.29 is 4.79 Å². The van der Waals surface area contributed by atoms with E-state index in [0.717, 1.165) is 25.7 Å². The second kappa shape index (κ2) is 41.7. The highest BCUT2D eigenvalue weighted by Gasteiger charge is 2.02. The molecular formula is C44H88O. The predicted molar refractivity (Wildman–Crippen MR) is 206 cm³/mol. The van der Waals surface area contributed by atoms with Gasteiger partial charge in [0, 0.05) is 12.8 Å². The summed E-state index contributed by atoms with van der Waals surface area (Å²) in [6, 6.07) is 0. The zero-order chi connectivity index (χ0) is 32.6. The normalized spacial score (nSPS) is 11.5. The van der Waals surface area contributed by atoms with E-state index >= 15 is 0 Å². The Hall–Kier alpha value is -0.330. The van der Waals surface area contributed by atoms with Gasteiger partial charge in [0.1, 0.15) is 5.78 Å². The van der Waals surface area contributed by atoms with Crippen LogP contribution in [0.25, 0.3) is 0 Å². The standard InChI is InChI=1S/C44H88O/c1-3-5-7-9-11-13-15-17-19-21-23-25-27-29-31-33-35-37-39-41-43-44(45)42-40-38-36-34-32-30-28-26-24-22-20-18-16-14-12-10-8-6-4-2/h3-43H2,1-2H3. The maximum absolute atomic E-state index is 12.2. The minimum Gasteiger partial charge on any atom is -0.300 e. The first-order valence-electron chi connectivity index (χ1n) is 21.8. The fourth-order valence-electron chi connectivity index (χ4n) is 7.10. The van der Waals surface area contributed by atoms with E-state index in [1.54, 1.807) is 0 Å². The van der Waals surface area contributed by atoms with Crippen LogP contribution in [-0.4, -0.2) is 5.78 Å². The van der Waals surface area contributed by atoms with Crippen LogP contribution in [0.2, 0.25) is 0 Å². The molecule has 0 N–H and O–H groups in total. The summed E-state index contributed by atoms with van der Waals surface area (Å²) in [5.41, 5.74) is 0. The van der Waals surface area contributed by atoms with Crippen molar-refractivity contribution in [3.05, 3.63) is 0 Å². The molecule has 0 aromatic rings. The van der Waals surface area contributed by atoms with Gasteiger partial charge in [0.05, 0.1) is 0 Å². The maximum atomic E-state index is 12.2. The molecule has 0 aliphatic heterocycles. The summed E-state index contributed by atoms with van der Waals surface area (Å²) in [6.45, 7) is 4.60. The second-order valence-electron chi connectivity index (χ2n) is 15.1. The van der Waals surface area contributed by atoms with Gasteiger partial charge in [0.25, 0.3) is 0 Å². The van der Waals surface area contributed by atoms with Crippen LogP contribution in [0.5, 0.6) is 0 Å². The molecule has 0 aliphatic rings. The van der Waals surface area contributed by atoms with Gasteiger partial charge in [-0.05, 0) is 12.8 Å². The van der Waals surface area contributed by atoms with E-state index < -0.39 is 0 Å². The first-order valence-corrected chi connectivity index (χ1v) is 21.8. The number of Topliss-reactive ketones (excluding diaryl/α,β-unsaturated/α-hetero) is 1. The number of carbonyl (C=O) groups is 1. The van der Waals surface area contributed by atoms with E-state index in [1.807, 2.05) is 0 Å². The van der Waals surface area contributed by atoms with Gasteiger partial charge in [-0.1, -0.05) is 251 Å². The van der Waals surface area contributed by atoms with E-state index in [-0.39, 0.29) is 0 Å². The molecule has 0 aromatic carbocycles. The van der Waals surface area contributed by atoms with Crippen molar-refractivity contribution in [2.75, 3.05) is 0 Å². The summed E-state index contributed by atoms with van der Waals surface area (Å²) >= 11 is 0. The molecule has 0 fully saturated rings. The number of hydrogen-bond donors (Lipinski definition) is 0.